The van der Waals surface area contributed by atoms with Gasteiger partial charge in [-0.1, -0.05) is 30.7 Å². The summed E-state index contributed by atoms with van der Waals surface area (Å²) in [6, 6.07) is 11.5. The maximum absolute atomic E-state index is 9.99. The minimum Gasteiger partial charge on any atom is -0.386 e. The molecule has 120 valence electrons. The quantitative estimate of drug-likeness (QED) is 0.365. The molecule has 2 rings (SSSR count). The average Bonchev–Trinajstić information content (AvgIpc) is 2.91. The number of nitrogens with one attached hydrogen (secondary N) is 1. The Bertz CT molecular complexity index is 633. The van der Waals surface area contributed by atoms with Crippen LogP contribution in [0.2, 0.25) is 4.34 Å². The van der Waals surface area contributed by atoms with Crippen LogP contribution in [0.15, 0.2) is 41.4 Å². The molecule has 0 saturated heterocycles. The van der Waals surface area contributed by atoms with E-state index in [1.807, 2.05) is 18.2 Å². The van der Waals surface area contributed by atoms with E-state index in [4.69, 9.17) is 17.3 Å². The van der Waals surface area contributed by atoms with E-state index < -0.39 is 6.10 Å². The van der Waals surface area contributed by atoms with Crippen molar-refractivity contribution in [1.29, 1.82) is 0 Å². The number of hydrogen-bond donors (Lipinski definition) is 3. The minimum absolute atomic E-state index is 0. The van der Waals surface area contributed by atoms with Gasteiger partial charge in [-0.2, -0.15) is 0 Å². The SMILES string of the molecule is CCc1cccc(NC(N)=NCC(O)c2ccc(Cl)s2)c1.I. The van der Waals surface area contributed by atoms with Crippen molar-refractivity contribution in [2.45, 2.75) is 19.4 Å². The summed E-state index contributed by atoms with van der Waals surface area (Å²) in [4.78, 5) is 4.94. The molecule has 4 N–H and O–H groups in total. The molecule has 4 nitrogen and oxygen atoms in total. The summed E-state index contributed by atoms with van der Waals surface area (Å²) in [5.41, 5.74) is 7.95. The lowest BCUT2D eigenvalue weighted by Gasteiger charge is -2.09. The third-order valence-electron chi connectivity index (χ3n) is 2.96. The first-order valence-electron chi connectivity index (χ1n) is 6.67. The number of hydrogen-bond acceptors (Lipinski definition) is 3. The van der Waals surface area contributed by atoms with E-state index in [9.17, 15) is 5.11 Å². The van der Waals surface area contributed by atoms with Gasteiger partial charge in [0, 0.05) is 10.6 Å². The second kappa shape index (κ2) is 9.34. The zero-order chi connectivity index (χ0) is 15.2. The van der Waals surface area contributed by atoms with Gasteiger partial charge in [0.1, 0.15) is 6.10 Å². The number of nitrogens with zero attached hydrogens (tertiary/aromatic N) is 1. The molecule has 0 fully saturated rings. The van der Waals surface area contributed by atoms with Crippen LogP contribution in [0.25, 0.3) is 0 Å². The van der Waals surface area contributed by atoms with Crippen LogP contribution in [0.4, 0.5) is 5.69 Å². The number of benzene rings is 1. The molecule has 22 heavy (non-hydrogen) atoms. The first-order chi connectivity index (χ1) is 10.1. The lowest BCUT2D eigenvalue weighted by atomic mass is 10.1. The second-order valence-electron chi connectivity index (χ2n) is 4.56. The molecule has 0 amide bonds. The van der Waals surface area contributed by atoms with Crippen molar-refractivity contribution in [1.82, 2.24) is 0 Å². The van der Waals surface area contributed by atoms with Crippen LogP contribution >= 0.6 is 46.9 Å². The Labute approximate surface area is 156 Å². The molecule has 1 aromatic heterocycles. The molecule has 1 unspecified atom stereocenters. The fraction of sp³-hybridized carbons (Fsp3) is 0.267. The Morgan fingerprint density at radius 1 is 1.41 bits per heavy atom. The number of halogens is 2. The van der Waals surface area contributed by atoms with Gasteiger partial charge in [0.2, 0.25) is 0 Å². The number of aryl methyl sites for hydroxylation is 1. The Morgan fingerprint density at radius 2 is 2.18 bits per heavy atom. The van der Waals surface area contributed by atoms with E-state index in [0.717, 1.165) is 17.0 Å². The molecular weight excluding hydrogens is 433 g/mol. The van der Waals surface area contributed by atoms with Crippen LogP contribution in [-0.2, 0) is 6.42 Å². The van der Waals surface area contributed by atoms with Crippen molar-refractivity contribution in [3.8, 4) is 0 Å². The summed E-state index contributed by atoms with van der Waals surface area (Å²) in [6.07, 6.45) is 0.273. The van der Waals surface area contributed by atoms with Gasteiger partial charge in [-0.3, -0.25) is 4.99 Å². The molecule has 7 heteroatoms. The van der Waals surface area contributed by atoms with E-state index in [0.29, 0.717) is 4.34 Å². The van der Waals surface area contributed by atoms with Gasteiger partial charge < -0.3 is 16.2 Å². The van der Waals surface area contributed by atoms with Crippen LogP contribution in [0, 0.1) is 0 Å². The number of guanidine groups is 1. The summed E-state index contributed by atoms with van der Waals surface area (Å²) >= 11 is 7.18. The molecule has 2 aromatic rings. The van der Waals surface area contributed by atoms with Gasteiger partial charge in [0.05, 0.1) is 10.9 Å². The highest BCUT2D eigenvalue weighted by Crippen LogP contribution is 2.26. The monoisotopic (exact) mass is 451 g/mol. The van der Waals surface area contributed by atoms with E-state index in [1.165, 1.54) is 16.9 Å². The topological polar surface area (TPSA) is 70.6 Å². The predicted octanol–water partition coefficient (Wildman–Crippen LogP) is 4.04. The second-order valence-corrected chi connectivity index (χ2v) is 6.31. The zero-order valence-corrected chi connectivity index (χ0v) is 16.0. The largest absolute Gasteiger partial charge is 0.386 e. The molecule has 1 heterocycles. The van der Waals surface area contributed by atoms with Gasteiger partial charge in [-0.25, -0.2) is 0 Å². The predicted molar refractivity (Wildman–Crippen MR) is 106 cm³/mol. The Balaban J connectivity index is 0.00000242. The van der Waals surface area contributed by atoms with Crippen molar-refractivity contribution in [3.63, 3.8) is 0 Å². The van der Waals surface area contributed by atoms with Crippen LogP contribution in [0.1, 0.15) is 23.5 Å². The third kappa shape index (κ3) is 5.75. The Morgan fingerprint density at radius 3 is 2.82 bits per heavy atom. The van der Waals surface area contributed by atoms with Crippen LogP contribution in [0.5, 0.6) is 0 Å². The number of rotatable bonds is 5. The molecule has 0 aliphatic heterocycles. The summed E-state index contributed by atoms with van der Waals surface area (Å²) < 4.78 is 0.649. The average molecular weight is 452 g/mol. The van der Waals surface area contributed by atoms with Crippen LogP contribution in [-0.4, -0.2) is 17.6 Å². The van der Waals surface area contributed by atoms with Crippen molar-refractivity contribution in [2.75, 3.05) is 11.9 Å². The fourth-order valence-electron chi connectivity index (χ4n) is 1.84. The van der Waals surface area contributed by atoms with E-state index in [1.54, 1.807) is 12.1 Å². The highest BCUT2D eigenvalue weighted by atomic mass is 127. The molecular formula is C15H19ClIN3OS. The molecule has 0 aliphatic rings. The molecule has 0 saturated carbocycles. The summed E-state index contributed by atoms with van der Waals surface area (Å²) in [7, 11) is 0. The van der Waals surface area contributed by atoms with Crippen molar-refractivity contribution >= 4 is 58.6 Å². The lowest BCUT2D eigenvalue weighted by molar-refractivity contribution is 0.191. The highest BCUT2D eigenvalue weighted by Gasteiger charge is 2.09. The maximum Gasteiger partial charge on any atom is 0.193 e. The van der Waals surface area contributed by atoms with Gasteiger partial charge in [-0.05, 0) is 36.2 Å². The standard InChI is InChI=1S/C15H18ClN3OS.HI/c1-2-10-4-3-5-11(8-10)19-15(17)18-9-12(20)13-6-7-14(16)21-13;/h3-8,12,20H,2,9H2,1H3,(H3,17,18,19);1H. The Hall–Kier alpha value is -0.830. The van der Waals surface area contributed by atoms with Crippen molar-refractivity contribution in [2.24, 2.45) is 10.7 Å². The number of aliphatic hydroxyl groups excluding tert-OH is 1. The van der Waals surface area contributed by atoms with E-state index in [2.05, 4.69) is 23.3 Å². The molecule has 0 bridgehead atoms. The van der Waals surface area contributed by atoms with Crippen molar-refractivity contribution in [3.05, 3.63) is 51.2 Å². The van der Waals surface area contributed by atoms with E-state index in [-0.39, 0.29) is 36.5 Å². The smallest absolute Gasteiger partial charge is 0.193 e. The molecule has 1 atom stereocenters. The van der Waals surface area contributed by atoms with Gasteiger partial charge in [0.15, 0.2) is 5.96 Å². The maximum atomic E-state index is 9.99. The Kier molecular flexibility index (Phi) is 8.16. The van der Waals surface area contributed by atoms with E-state index >= 15 is 0 Å². The number of nitrogens with two attached hydrogens (primary N) is 1. The highest BCUT2D eigenvalue weighted by molar-refractivity contribution is 14.0. The normalized spacial score (nSPS) is 12.6. The van der Waals surface area contributed by atoms with Gasteiger partial charge in [0.25, 0.3) is 0 Å². The number of aliphatic hydroxyl groups is 1. The fourth-order valence-corrected chi connectivity index (χ4v) is 2.88. The van der Waals surface area contributed by atoms with Gasteiger partial charge >= 0.3 is 0 Å². The zero-order valence-electron chi connectivity index (χ0n) is 12.1. The summed E-state index contributed by atoms with van der Waals surface area (Å²) in [6.45, 7) is 2.29. The molecule has 0 spiro atoms. The molecule has 0 aliphatic carbocycles. The molecule has 1 aromatic carbocycles. The summed E-state index contributed by atoms with van der Waals surface area (Å²) in [5.74, 6) is 0.282. The first kappa shape index (κ1) is 19.2. The number of aliphatic imine (C=N–C) groups is 1. The van der Waals surface area contributed by atoms with Crippen LogP contribution in [0.3, 0.4) is 0 Å². The minimum atomic E-state index is -0.690. The lowest BCUT2D eigenvalue weighted by Crippen LogP contribution is -2.23. The van der Waals surface area contributed by atoms with Crippen molar-refractivity contribution < 1.29 is 5.11 Å². The third-order valence-corrected chi connectivity index (χ3v) is 4.30. The van der Waals surface area contributed by atoms with Crippen LogP contribution < -0.4 is 11.1 Å². The summed E-state index contributed by atoms with van der Waals surface area (Å²) in [5, 5.41) is 13.0. The molecule has 0 radical (unpaired) electrons. The first-order valence-corrected chi connectivity index (χ1v) is 7.87. The number of anilines is 1. The van der Waals surface area contributed by atoms with Gasteiger partial charge in [-0.15, -0.1) is 35.3 Å². The number of thiophene rings is 1.